The number of rotatable bonds is 9. The van der Waals surface area contributed by atoms with Crippen molar-refractivity contribution in [3.8, 4) is 0 Å². The lowest BCUT2D eigenvalue weighted by Gasteiger charge is -2.27. The molecule has 1 nitrogen and oxygen atoms in total. The second-order valence-electron chi connectivity index (χ2n) is 7.50. The molecule has 0 spiro atoms. The summed E-state index contributed by atoms with van der Waals surface area (Å²) in [5, 5.41) is 9.24. The molecule has 1 rings (SSSR count). The van der Waals surface area contributed by atoms with Gasteiger partial charge in [0, 0.05) is 0 Å². The molecule has 0 aromatic rings. The largest absolute Gasteiger partial charge is 0.515 e. The molecule has 1 unspecified atom stereocenters. The molecule has 0 bridgehead atoms. The zero-order valence-corrected chi connectivity index (χ0v) is 16.8. The lowest BCUT2D eigenvalue weighted by atomic mass is 9.78. The highest BCUT2D eigenvalue weighted by molar-refractivity contribution is 5.25. The van der Waals surface area contributed by atoms with Gasteiger partial charge in [-0.15, -0.1) is 0 Å². The Bertz CT molecular complexity index is 510. The van der Waals surface area contributed by atoms with Gasteiger partial charge in [0.25, 0.3) is 0 Å². The number of allylic oxidation sites excluding steroid dienone is 9. The van der Waals surface area contributed by atoms with E-state index in [-0.39, 0.29) is 0 Å². The molecule has 1 N–H and O–H groups in total. The summed E-state index contributed by atoms with van der Waals surface area (Å²) in [6, 6.07) is 0. The first-order chi connectivity index (χ1) is 12.1. The molecule has 1 atom stereocenters. The highest BCUT2D eigenvalue weighted by atomic mass is 16.2. The van der Waals surface area contributed by atoms with Crippen molar-refractivity contribution in [3.63, 3.8) is 0 Å². The first kappa shape index (κ1) is 21.5. The molecule has 0 heterocycles. The van der Waals surface area contributed by atoms with Crippen molar-refractivity contribution in [1.82, 2.24) is 0 Å². The Morgan fingerprint density at radius 2 is 1.80 bits per heavy atom. The summed E-state index contributed by atoms with van der Waals surface area (Å²) in [5.41, 5.74) is 3.76. The van der Waals surface area contributed by atoms with E-state index in [4.69, 9.17) is 0 Å². The Hall–Kier alpha value is -1.50. The first-order valence-corrected chi connectivity index (χ1v) is 10.0. The van der Waals surface area contributed by atoms with Crippen molar-refractivity contribution < 1.29 is 5.11 Å². The normalized spacial score (nSPS) is 19.9. The Balaban J connectivity index is 2.83. The van der Waals surface area contributed by atoms with Crippen LogP contribution in [0.3, 0.4) is 0 Å². The van der Waals surface area contributed by atoms with Crippen molar-refractivity contribution in [3.05, 3.63) is 59.4 Å². The van der Waals surface area contributed by atoms with Gasteiger partial charge in [-0.25, -0.2) is 0 Å². The van der Waals surface area contributed by atoms with Crippen molar-refractivity contribution in [2.45, 2.75) is 79.1 Å². The van der Waals surface area contributed by atoms with E-state index in [0.717, 1.165) is 17.9 Å². The number of aliphatic hydroxyl groups excluding tert-OH is 1. The Morgan fingerprint density at radius 1 is 1.08 bits per heavy atom. The number of hydrogen-bond donors (Lipinski definition) is 1. The molecule has 0 radical (unpaired) electrons. The molecule has 1 heteroatoms. The van der Waals surface area contributed by atoms with E-state index in [0.29, 0.717) is 5.92 Å². The van der Waals surface area contributed by atoms with Gasteiger partial charge in [-0.05, 0) is 69.9 Å². The molecule has 0 aromatic carbocycles. The van der Waals surface area contributed by atoms with Gasteiger partial charge >= 0.3 is 0 Å². The van der Waals surface area contributed by atoms with Crippen LogP contribution in [-0.2, 0) is 0 Å². The van der Waals surface area contributed by atoms with Crippen LogP contribution >= 0.6 is 0 Å². The van der Waals surface area contributed by atoms with E-state index in [9.17, 15) is 5.11 Å². The summed E-state index contributed by atoms with van der Waals surface area (Å²) in [4.78, 5) is 0. The average molecular weight is 343 g/mol. The van der Waals surface area contributed by atoms with Gasteiger partial charge in [0.2, 0.25) is 0 Å². The summed E-state index contributed by atoms with van der Waals surface area (Å²) in [7, 11) is 0. The number of hydrogen-bond acceptors (Lipinski definition) is 1. The minimum atomic E-state index is 0.609. The van der Waals surface area contributed by atoms with E-state index in [1.165, 1.54) is 62.4 Å². The third kappa shape index (κ3) is 8.95. The fourth-order valence-electron chi connectivity index (χ4n) is 3.87. The van der Waals surface area contributed by atoms with Crippen molar-refractivity contribution in [2.24, 2.45) is 11.8 Å². The maximum atomic E-state index is 9.24. The van der Waals surface area contributed by atoms with Crippen LogP contribution < -0.4 is 0 Å². The van der Waals surface area contributed by atoms with Crippen LogP contribution in [0.4, 0.5) is 0 Å². The summed E-state index contributed by atoms with van der Waals surface area (Å²) in [6.07, 6.45) is 24.8. The molecule has 0 aliphatic heterocycles. The molecule has 25 heavy (non-hydrogen) atoms. The topological polar surface area (TPSA) is 20.2 Å². The van der Waals surface area contributed by atoms with Crippen LogP contribution in [0.1, 0.15) is 79.1 Å². The predicted molar refractivity (Wildman–Crippen MR) is 112 cm³/mol. The zero-order valence-electron chi connectivity index (χ0n) is 16.8. The van der Waals surface area contributed by atoms with Crippen molar-refractivity contribution in [2.75, 3.05) is 0 Å². The quantitative estimate of drug-likeness (QED) is 0.334. The third-order valence-electron chi connectivity index (χ3n) is 5.31. The fraction of sp³-hybridized carbons (Fsp3) is 0.583. The fourth-order valence-corrected chi connectivity index (χ4v) is 3.87. The second kappa shape index (κ2) is 12.8. The minimum absolute atomic E-state index is 0.609. The standard InChI is InChI=1S/C24H38O/c1-5-7-12-22(11-6-2)15-16-24(21(4)17-20(3)19-25)18-23-13-9-8-10-14-23/h5-7,11-12,17,19,23-25H,8-10,13-16,18H2,1-4H3/b7-5-,11-6-,20-19+,21-17-,22-12+. The Kier molecular flexibility index (Phi) is 11.0. The molecule has 0 aromatic heterocycles. The van der Waals surface area contributed by atoms with Crippen LogP contribution in [0.15, 0.2) is 59.4 Å². The molecule has 1 aliphatic carbocycles. The summed E-state index contributed by atoms with van der Waals surface area (Å²) >= 11 is 0. The van der Waals surface area contributed by atoms with Crippen LogP contribution in [-0.4, -0.2) is 5.11 Å². The monoisotopic (exact) mass is 342 g/mol. The smallest absolute Gasteiger partial charge is 0.0820 e. The SMILES string of the molecule is C\C=C/C=C(\C=C/C)CCC(CC1CCCCC1)/C(C)=C\C(C)=C\O. The van der Waals surface area contributed by atoms with Crippen LogP contribution in [0.5, 0.6) is 0 Å². The van der Waals surface area contributed by atoms with E-state index < -0.39 is 0 Å². The van der Waals surface area contributed by atoms with Gasteiger partial charge < -0.3 is 5.11 Å². The van der Waals surface area contributed by atoms with Gasteiger partial charge in [-0.1, -0.05) is 74.1 Å². The van der Waals surface area contributed by atoms with Crippen LogP contribution in [0.2, 0.25) is 0 Å². The summed E-state index contributed by atoms with van der Waals surface area (Å²) < 4.78 is 0. The number of aliphatic hydroxyl groups is 1. The van der Waals surface area contributed by atoms with E-state index in [1.807, 2.05) is 6.92 Å². The summed E-state index contributed by atoms with van der Waals surface area (Å²) in [6.45, 7) is 8.36. The van der Waals surface area contributed by atoms with Crippen LogP contribution in [0, 0.1) is 11.8 Å². The Labute approximate surface area is 155 Å². The minimum Gasteiger partial charge on any atom is -0.515 e. The molecular weight excluding hydrogens is 304 g/mol. The zero-order chi connectivity index (χ0) is 18.5. The lowest BCUT2D eigenvalue weighted by molar-refractivity contribution is 0.297. The Morgan fingerprint density at radius 3 is 2.40 bits per heavy atom. The molecule has 1 fully saturated rings. The van der Waals surface area contributed by atoms with Gasteiger partial charge in [0.1, 0.15) is 0 Å². The molecule has 0 saturated heterocycles. The highest BCUT2D eigenvalue weighted by Gasteiger charge is 2.20. The predicted octanol–water partition coefficient (Wildman–Crippen LogP) is 7.84. The molecule has 0 amide bonds. The maximum Gasteiger partial charge on any atom is 0.0820 e. The molecule has 1 saturated carbocycles. The van der Waals surface area contributed by atoms with Crippen molar-refractivity contribution >= 4 is 0 Å². The average Bonchev–Trinajstić information content (AvgIpc) is 2.63. The van der Waals surface area contributed by atoms with E-state index in [2.05, 4.69) is 57.2 Å². The third-order valence-corrected chi connectivity index (χ3v) is 5.31. The van der Waals surface area contributed by atoms with Crippen molar-refractivity contribution in [1.29, 1.82) is 0 Å². The highest BCUT2D eigenvalue weighted by Crippen LogP contribution is 2.34. The molecular formula is C24H38O. The molecule has 1 aliphatic rings. The van der Waals surface area contributed by atoms with Gasteiger partial charge in [-0.3, -0.25) is 0 Å². The van der Waals surface area contributed by atoms with E-state index in [1.54, 1.807) is 0 Å². The van der Waals surface area contributed by atoms with Gasteiger partial charge in [0.05, 0.1) is 6.26 Å². The van der Waals surface area contributed by atoms with Gasteiger partial charge in [0.15, 0.2) is 0 Å². The second-order valence-corrected chi connectivity index (χ2v) is 7.50. The summed E-state index contributed by atoms with van der Waals surface area (Å²) in [5.74, 6) is 1.49. The first-order valence-electron chi connectivity index (χ1n) is 10.0. The van der Waals surface area contributed by atoms with Crippen LogP contribution in [0.25, 0.3) is 0 Å². The molecule has 140 valence electrons. The van der Waals surface area contributed by atoms with Gasteiger partial charge in [-0.2, -0.15) is 0 Å². The van der Waals surface area contributed by atoms with E-state index >= 15 is 0 Å². The lowest BCUT2D eigenvalue weighted by Crippen LogP contribution is -2.14. The maximum absolute atomic E-state index is 9.24.